The molecular weight excluding hydrogens is 349 g/mol. The molecule has 0 fully saturated rings. The van der Waals surface area contributed by atoms with Gasteiger partial charge in [-0.1, -0.05) is 23.2 Å². The minimum Gasteiger partial charge on any atom is -0.343 e. The van der Waals surface area contributed by atoms with Crippen molar-refractivity contribution in [3.05, 3.63) is 63.4 Å². The van der Waals surface area contributed by atoms with Crippen LogP contribution < -0.4 is 5.32 Å². The Morgan fingerprint density at radius 3 is 2.71 bits per heavy atom. The average Bonchev–Trinajstić information content (AvgIpc) is 2.56. The summed E-state index contributed by atoms with van der Waals surface area (Å²) in [4.78, 5) is 29.9. The van der Waals surface area contributed by atoms with Crippen LogP contribution in [-0.4, -0.2) is 35.3 Å². The molecule has 24 heavy (non-hydrogen) atoms. The summed E-state index contributed by atoms with van der Waals surface area (Å²) in [5.74, 6) is -0.651. The molecule has 0 aliphatic carbocycles. The Hall–Kier alpha value is -2.11. The summed E-state index contributed by atoms with van der Waals surface area (Å²) in [6, 6.07) is 6.47. The Bertz CT molecular complexity index is 765. The molecular formula is C17H17Cl2N3O2. The highest BCUT2D eigenvalue weighted by atomic mass is 35.5. The number of hydrogen-bond acceptors (Lipinski definition) is 3. The van der Waals surface area contributed by atoms with Crippen LogP contribution >= 0.6 is 23.2 Å². The van der Waals surface area contributed by atoms with Gasteiger partial charge in [0, 0.05) is 31.0 Å². The number of rotatable bonds is 5. The zero-order valence-corrected chi connectivity index (χ0v) is 14.9. The smallest absolute Gasteiger partial charge is 0.253 e. The zero-order valence-electron chi connectivity index (χ0n) is 13.3. The quantitative estimate of drug-likeness (QED) is 0.885. The number of pyridine rings is 1. The zero-order chi connectivity index (χ0) is 17.7. The van der Waals surface area contributed by atoms with Gasteiger partial charge in [-0.2, -0.15) is 0 Å². The van der Waals surface area contributed by atoms with E-state index < -0.39 is 5.91 Å². The summed E-state index contributed by atoms with van der Waals surface area (Å²) in [6.45, 7) is 2.26. The van der Waals surface area contributed by atoms with Gasteiger partial charge in [0.15, 0.2) is 0 Å². The minimum atomic E-state index is -0.440. The molecule has 0 atom stereocenters. The second kappa shape index (κ2) is 8.13. The van der Waals surface area contributed by atoms with Gasteiger partial charge in [0.2, 0.25) is 5.91 Å². The van der Waals surface area contributed by atoms with E-state index in [0.29, 0.717) is 11.6 Å². The molecule has 7 heteroatoms. The fourth-order valence-electron chi connectivity index (χ4n) is 2.08. The van der Waals surface area contributed by atoms with Crippen LogP contribution in [0.4, 0.5) is 0 Å². The predicted molar refractivity (Wildman–Crippen MR) is 94.2 cm³/mol. The van der Waals surface area contributed by atoms with E-state index in [1.54, 1.807) is 36.5 Å². The van der Waals surface area contributed by atoms with Crippen LogP contribution in [0.5, 0.6) is 0 Å². The maximum absolute atomic E-state index is 12.2. The number of aryl methyl sites for hydroxylation is 1. The Labute approximate surface area is 150 Å². The molecule has 0 aliphatic rings. The molecule has 2 amide bonds. The Balaban J connectivity index is 1.93. The van der Waals surface area contributed by atoms with Crippen LogP contribution in [0.1, 0.15) is 21.5 Å². The number of hydrogen-bond donors (Lipinski definition) is 1. The SMILES string of the molecule is Cc1cnccc1CN(C)C(=O)CNC(=O)c1cc(Cl)ccc1Cl. The lowest BCUT2D eigenvalue weighted by Crippen LogP contribution is -2.38. The van der Waals surface area contributed by atoms with Crippen molar-refractivity contribution in [2.45, 2.75) is 13.5 Å². The van der Waals surface area contributed by atoms with Crippen LogP contribution in [0.3, 0.4) is 0 Å². The summed E-state index contributed by atoms with van der Waals surface area (Å²) in [5.41, 5.74) is 2.25. The molecule has 126 valence electrons. The third-order valence-electron chi connectivity index (χ3n) is 3.54. The van der Waals surface area contributed by atoms with E-state index in [1.165, 1.54) is 6.07 Å². The minimum absolute atomic E-state index is 0.123. The molecule has 0 bridgehead atoms. The van der Waals surface area contributed by atoms with E-state index in [-0.39, 0.29) is 23.0 Å². The first-order chi connectivity index (χ1) is 11.4. The van der Waals surface area contributed by atoms with Crippen molar-refractivity contribution in [2.24, 2.45) is 0 Å². The first-order valence-electron chi connectivity index (χ1n) is 7.25. The largest absolute Gasteiger partial charge is 0.343 e. The lowest BCUT2D eigenvalue weighted by molar-refractivity contribution is -0.129. The number of aromatic nitrogens is 1. The fraction of sp³-hybridized carbons (Fsp3) is 0.235. The van der Waals surface area contributed by atoms with Gasteiger partial charge in [-0.15, -0.1) is 0 Å². The molecule has 0 aliphatic heterocycles. The molecule has 0 unspecified atom stereocenters. The van der Waals surface area contributed by atoms with Crippen LogP contribution in [0.15, 0.2) is 36.7 Å². The lowest BCUT2D eigenvalue weighted by Gasteiger charge is -2.18. The van der Waals surface area contributed by atoms with E-state index in [0.717, 1.165) is 11.1 Å². The van der Waals surface area contributed by atoms with E-state index in [2.05, 4.69) is 10.3 Å². The standard InChI is InChI=1S/C17H17Cl2N3O2/c1-11-8-20-6-5-12(11)10-22(2)16(23)9-21-17(24)14-7-13(18)3-4-15(14)19/h3-8H,9-10H2,1-2H3,(H,21,24). The van der Waals surface area contributed by atoms with Gasteiger partial charge in [0.25, 0.3) is 5.91 Å². The van der Waals surface area contributed by atoms with Crippen molar-refractivity contribution < 1.29 is 9.59 Å². The van der Waals surface area contributed by atoms with E-state index in [1.807, 2.05) is 13.0 Å². The van der Waals surface area contributed by atoms with Crippen molar-refractivity contribution in [3.63, 3.8) is 0 Å². The summed E-state index contributed by atoms with van der Waals surface area (Å²) in [5, 5.41) is 3.25. The molecule has 2 rings (SSSR count). The Morgan fingerprint density at radius 2 is 2.00 bits per heavy atom. The molecule has 1 aromatic heterocycles. The van der Waals surface area contributed by atoms with Gasteiger partial charge in [0.05, 0.1) is 17.1 Å². The molecule has 0 radical (unpaired) electrons. The van der Waals surface area contributed by atoms with E-state index in [4.69, 9.17) is 23.2 Å². The van der Waals surface area contributed by atoms with E-state index in [9.17, 15) is 9.59 Å². The van der Waals surface area contributed by atoms with Crippen molar-refractivity contribution in [1.29, 1.82) is 0 Å². The number of benzene rings is 1. The number of carbonyl (C=O) groups is 2. The van der Waals surface area contributed by atoms with Crippen LogP contribution in [0.25, 0.3) is 0 Å². The Morgan fingerprint density at radius 1 is 1.25 bits per heavy atom. The highest BCUT2D eigenvalue weighted by molar-refractivity contribution is 6.35. The van der Waals surface area contributed by atoms with Gasteiger partial charge in [0.1, 0.15) is 0 Å². The molecule has 5 nitrogen and oxygen atoms in total. The highest BCUT2D eigenvalue weighted by Crippen LogP contribution is 2.20. The third-order valence-corrected chi connectivity index (χ3v) is 4.11. The summed E-state index contributed by atoms with van der Waals surface area (Å²) < 4.78 is 0. The number of likely N-dealkylation sites (N-methyl/N-ethyl adjacent to an activating group) is 1. The number of amides is 2. The Kier molecular flexibility index (Phi) is 6.17. The fourth-order valence-corrected chi connectivity index (χ4v) is 2.46. The average molecular weight is 366 g/mol. The number of carbonyl (C=O) groups excluding carboxylic acids is 2. The van der Waals surface area contributed by atoms with E-state index >= 15 is 0 Å². The number of halogens is 2. The molecule has 1 heterocycles. The predicted octanol–water partition coefficient (Wildman–Crippen LogP) is 3.09. The van der Waals surface area contributed by atoms with Crippen LogP contribution in [0.2, 0.25) is 10.0 Å². The summed E-state index contributed by atoms with van der Waals surface area (Å²) in [6.07, 6.45) is 3.43. The molecule has 1 aromatic carbocycles. The second-order valence-corrected chi connectivity index (χ2v) is 6.20. The maximum Gasteiger partial charge on any atom is 0.253 e. The second-order valence-electron chi connectivity index (χ2n) is 5.36. The van der Waals surface area contributed by atoms with Gasteiger partial charge in [-0.3, -0.25) is 14.6 Å². The normalized spacial score (nSPS) is 10.3. The van der Waals surface area contributed by atoms with Gasteiger partial charge >= 0.3 is 0 Å². The van der Waals surface area contributed by atoms with Crippen molar-refractivity contribution in [3.8, 4) is 0 Å². The van der Waals surface area contributed by atoms with Crippen molar-refractivity contribution in [2.75, 3.05) is 13.6 Å². The highest BCUT2D eigenvalue weighted by Gasteiger charge is 2.15. The monoisotopic (exact) mass is 365 g/mol. The molecule has 0 saturated heterocycles. The van der Waals surface area contributed by atoms with Gasteiger partial charge in [-0.05, 0) is 42.3 Å². The first-order valence-corrected chi connectivity index (χ1v) is 8.00. The lowest BCUT2D eigenvalue weighted by atomic mass is 10.1. The van der Waals surface area contributed by atoms with Crippen molar-refractivity contribution >= 4 is 35.0 Å². The van der Waals surface area contributed by atoms with Gasteiger partial charge in [-0.25, -0.2) is 0 Å². The first kappa shape index (κ1) is 18.2. The molecule has 0 saturated carbocycles. The topological polar surface area (TPSA) is 62.3 Å². The molecule has 0 spiro atoms. The van der Waals surface area contributed by atoms with Crippen LogP contribution in [0, 0.1) is 6.92 Å². The maximum atomic E-state index is 12.2. The van der Waals surface area contributed by atoms with Crippen LogP contribution in [-0.2, 0) is 11.3 Å². The van der Waals surface area contributed by atoms with Crippen molar-refractivity contribution in [1.82, 2.24) is 15.2 Å². The van der Waals surface area contributed by atoms with Gasteiger partial charge < -0.3 is 10.2 Å². The summed E-state index contributed by atoms with van der Waals surface area (Å²) >= 11 is 11.8. The third kappa shape index (κ3) is 4.69. The summed E-state index contributed by atoms with van der Waals surface area (Å²) in [7, 11) is 1.68. The number of nitrogens with one attached hydrogen (secondary N) is 1. The molecule has 2 aromatic rings. The molecule has 1 N–H and O–H groups in total. The number of nitrogens with zero attached hydrogens (tertiary/aromatic N) is 2.